The van der Waals surface area contributed by atoms with E-state index in [1.807, 2.05) is 10.8 Å². The molecule has 0 aliphatic heterocycles. The number of halogens is 1. The van der Waals surface area contributed by atoms with E-state index < -0.39 is 5.97 Å². The van der Waals surface area contributed by atoms with E-state index in [0.29, 0.717) is 5.69 Å². The van der Waals surface area contributed by atoms with Crippen molar-refractivity contribution in [3.05, 3.63) is 21.5 Å². The molecule has 2 atom stereocenters. The molecule has 5 heteroatoms. The minimum Gasteiger partial charge on any atom is -0.477 e. The first-order valence-electron chi connectivity index (χ1n) is 5.51. The lowest BCUT2D eigenvalue weighted by Gasteiger charge is -2.51. The predicted molar refractivity (Wildman–Crippen MR) is 72.3 cm³/mol. The molecule has 2 rings (SSSR count). The number of ether oxygens (including phenoxy) is 1. The zero-order valence-electron chi connectivity index (χ0n) is 10.1. The molecule has 1 fully saturated rings. The van der Waals surface area contributed by atoms with Crippen LogP contribution >= 0.6 is 22.6 Å². The third-order valence-corrected chi connectivity index (χ3v) is 4.37. The summed E-state index contributed by atoms with van der Waals surface area (Å²) >= 11 is 2.14. The summed E-state index contributed by atoms with van der Waals surface area (Å²) in [7, 11) is 1.71. The van der Waals surface area contributed by atoms with Crippen LogP contribution in [0.3, 0.4) is 0 Å². The molecule has 94 valence electrons. The van der Waals surface area contributed by atoms with Gasteiger partial charge >= 0.3 is 5.97 Å². The highest BCUT2D eigenvalue weighted by molar-refractivity contribution is 14.1. The number of carboxylic acid groups (broad SMARTS) is 1. The number of aromatic carboxylic acids is 1. The Morgan fingerprint density at radius 1 is 1.65 bits per heavy atom. The highest BCUT2D eigenvalue weighted by atomic mass is 127. The van der Waals surface area contributed by atoms with E-state index >= 15 is 0 Å². The molecular formula is C12H16INO3. The molecule has 0 bridgehead atoms. The number of nitrogens with zero attached hydrogens (tertiary/aromatic N) is 1. The van der Waals surface area contributed by atoms with Gasteiger partial charge in [0.25, 0.3) is 0 Å². The van der Waals surface area contributed by atoms with Crippen molar-refractivity contribution in [2.24, 2.45) is 5.41 Å². The van der Waals surface area contributed by atoms with Gasteiger partial charge in [-0.2, -0.15) is 0 Å². The van der Waals surface area contributed by atoms with Crippen molar-refractivity contribution < 1.29 is 14.6 Å². The number of methoxy groups -OCH3 is 1. The summed E-state index contributed by atoms with van der Waals surface area (Å²) in [5, 5.41) is 9.19. The Labute approximate surface area is 114 Å². The third-order valence-electron chi connectivity index (χ3n) is 3.78. The molecule has 0 radical (unpaired) electrons. The molecule has 1 saturated carbocycles. The van der Waals surface area contributed by atoms with E-state index in [1.54, 1.807) is 13.2 Å². The SMILES string of the molecule is COC1CC(n2cc(I)cc2C(=O)O)C1(C)C. The van der Waals surface area contributed by atoms with Gasteiger partial charge in [-0.25, -0.2) is 4.79 Å². The van der Waals surface area contributed by atoms with Crippen LogP contribution in [-0.4, -0.2) is 28.9 Å². The van der Waals surface area contributed by atoms with Crippen molar-refractivity contribution in [3.8, 4) is 0 Å². The molecule has 1 aliphatic carbocycles. The average molecular weight is 349 g/mol. The second-order valence-electron chi connectivity index (χ2n) is 5.05. The van der Waals surface area contributed by atoms with Gasteiger partial charge in [-0.3, -0.25) is 0 Å². The largest absolute Gasteiger partial charge is 0.477 e. The Morgan fingerprint density at radius 3 is 2.76 bits per heavy atom. The topological polar surface area (TPSA) is 51.5 Å². The molecule has 0 amide bonds. The molecule has 2 unspecified atom stereocenters. The molecule has 0 saturated heterocycles. The maximum Gasteiger partial charge on any atom is 0.352 e. The van der Waals surface area contributed by atoms with E-state index in [2.05, 4.69) is 36.4 Å². The number of carbonyl (C=O) groups is 1. The third kappa shape index (κ3) is 1.99. The molecule has 1 heterocycles. The van der Waals surface area contributed by atoms with Gasteiger partial charge in [0, 0.05) is 28.3 Å². The molecule has 0 spiro atoms. The lowest BCUT2D eigenvalue weighted by atomic mass is 9.64. The van der Waals surface area contributed by atoms with E-state index in [-0.39, 0.29) is 17.6 Å². The first-order chi connectivity index (χ1) is 7.87. The van der Waals surface area contributed by atoms with Crippen molar-refractivity contribution in [2.45, 2.75) is 32.4 Å². The average Bonchev–Trinajstić information content (AvgIpc) is 2.59. The van der Waals surface area contributed by atoms with Crippen molar-refractivity contribution in [3.63, 3.8) is 0 Å². The van der Waals surface area contributed by atoms with Gasteiger partial charge in [0.15, 0.2) is 0 Å². The van der Waals surface area contributed by atoms with Crippen molar-refractivity contribution in [1.82, 2.24) is 4.57 Å². The minimum absolute atomic E-state index is 0.0267. The smallest absolute Gasteiger partial charge is 0.352 e. The lowest BCUT2D eigenvalue weighted by Crippen LogP contribution is -2.51. The van der Waals surface area contributed by atoms with Gasteiger partial charge in [-0.1, -0.05) is 13.8 Å². The van der Waals surface area contributed by atoms with E-state index in [1.165, 1.54) is 0 Å². The summed E-state index contributed by atoms with van der Waals surface area (Å²) in [5.74, 6) is -0.871. The second kappa shape index (κ2) is 4.28. The highest BCUT2D eigenvalue weighted by Crippen LogP contribution is 2.51. The number of hydrogen-bond donors (Lipinski definition) is 1. The zero-order valence-corrected chi connectivity index (χ0v) is 12.3. The summed E-state index contributed by atoms with van der Waals surface area (Å²) < 4.78 is 8.23. The monoisotopic (exact) mass is 349 g/mol. The number of carboxylic acids is 1. The first-order valence-corrected chi connectivity index (χ1v) is 6.59. The van der Waals surface area contributed by atoms with Crippen molar-refractivity contribution in [1.29, 1.82) is 0 Å². The van der Waals surface area contributed by atoms with E-state index in [4.69, 9.17) is 4.74 Å². The van der Waals surface area contributed by atoms with Crippen LogP contribution in [0.25, 0.3) is 0 Å². The van der Waals surface area contributed by atoms with Crippen LogP contribution < -0.4 is 0 Å². The van der Waals surface area contributed by atoms with Gasteiger partial charge < -0.3 is 14.4 Å². The van der Waals surface area contributed by atoms with Crippen LogP contribution in [-0.2, 0) is 4.74 Å². The fraction of sp³-hybridized carbons (Fsp3) is 0.583. The zero-order chi connectivity index (χ0) is 12.8. The van der Waals surface area contributed by atoms with Crippen molar-refractivity contribution >= 4 is 28.6 Å². The van der Waals surface area contributed by atoms with E-state index in [0.717, 1.165) is 9.99 Å². The summed E-state index contributed by atoms with van der Waals surface area (Å²) in [6.07, 6.45) is 2.98. The Kier molecular flexibility index (Phi) is 3.24. The van der Waals surface area contributed by atoms with Gasteiger partial charge in [-0.05, 0) is 35.1 Å². The Bertz CT molecular complexity index is 453. The maximum absolute atomic E-state index is 11.2. The second-order valence-corrected chi connectivity index (χ2v) is 6.30. The van der Waals surface area contributed by atoms with Gasteiger partial charge in [-0.15, -0.1) is 0 Å². The van der Waals surface area contributed by atoms with Gasteiger partial charge in [0.1, 0.15) is 5.69 Å². The van der Waals surface area contributed by atoms with Crippen LogP contribution in [0.4, 0.5) is 0 Å². The normalized spacial score (nSPS) is 26.6. The molecule has 1 aliphatic rings. The fourth-order valence-corrected chi connectivity index (χ4v) is 3.21. The highest BCUT2D eigenvalue weighted by Gasteiger charge is 2.50. The molecule has 17 heavy (non-hydrogen) atoms. The fourth-order valence-electron chi connectivity index (χ4n) is 2.61. The van der Waals surface area contributed by atoms with Gasteiger partial charge in [0.05, 0.1) is 6.10 Å². The molecule has 0 aromatic carbocycles. The Balaban J connectivity index is 2.34. The van der Waals surface area contributed by atoms with Crippen molar-refractivity contribution in [2.75, 3.05) is 7.11 Å². The molecular weight excluding hydrogens is 333 g/mol. The minimum atomic E-state index is -0.871. The summed E-state index contributed by atoms with van der Waals surface area (Å²) in [5.41, 5.74) is 0.336. The predicted octanol–water partition coefficient (Wildman–Crippen LogP) is 2.78. The van der Waals surface area contributed by atoms with Crippen LogP contribution in [0.15, 0.2) is 12.3 Å². The summed E-state index contributed by atoms with van der Waals surface area (Å²) in [6.45, 7) is 4.24. The molecule has 1 aromatic rings. The number of rotatable bonds is 3. The lowest BCUT2D eigenvalue weighted by molar-refractivity contribution is -0.113. The number of hydrogen-bond acceptors (Lipinski definition) is 2. The molecule has 1 N–H and O–H groups in total. The van der Waals surface area contributed by atoms with Crippen LogP contribution in [0, 0.1) is 8.99 Å². The maximum atomic E-state index is 11.2. The quantitative estimate of drug-likeness (QED) is 0.854. The van der Waals surface area contributed by atoms with Crippen LogP contribution in [0.1, 0.15) is 36.8 Å². The van der Waals surface area contributed by atoms with Gasteiger partial charge in [0.2, 0.25) is 0 Å². The summed E-state index contributed by atoms with van der Waals surface area (Å²) in [4.78, 5) is 11.2. The first kappa shape index (κ1) is 12.9. The standard InChI is InChI=1S/C12H16INO3/c1-12(2)9(5-10(12)17-3)14-6-7(13)4-8(14)11(15)16/h4,6,9-10H,5H2,1-3H3,(H,15,16). The van der Waals surface area contributed by atoms with Crippen LogP contribution in [0.2, 0.25) is 0 Å². The number of aromatic nitrogens is 1. The Morgan fingerprint density at radius 2 is 2.29 bits per heavy atom. The summed E-state index contributed by atoms with van der Waals surface area (Å²) in [6, 6.07) is 1.90. The van der Waals surface area contributed by atoms with E-state index in [9.17, 15) is 9.90 Å². The molecule has 4 nitrogen and oxygen atoms in total. The Hall–Kier alpha value is -0.560. The van der Waals surface area contributed by atoms with Crippen LogP contribution in [0.5, 0.6) is 0 Å². The molecule has 1 aromatic heterocycles.